The predicted molar refractivity (Wildman–Crippen MR) is 90.2 cm³/mol. The molecule has 2 nitrogen and oxygen atoms in total. The summed E-state index contributed by atoms with van der Waals surface area (Å²) >= 11 is 0. The molecule has 0 atom stereocenters. The highest BCUT2D eigenvalue weighted by Gasteiger charge is 2.31. The Balaban J connectivity index is 1.98. The van der Waals surface area contributed by atoms with Gasteiger partial charge in [0.15, 0.2) is 0 Å². The fraction of sp³-hybridized carbons (Fsp3) is 0.684. The number of rotatable bonds is 6. The van der Waals surface area contributed by atoms with E-state index in [1.54, 1.807) is 0 Å². The van der Waals surface area contributed by atoms with E-state index in [0.717, 1.165) is 25.3 Å². The number of fused-ring (bicyclic) bond motifs is 1. The van der Waals surface area contributed by atoms with Gasteiger partial charge in [-0.15, -0.1) is 0 Å². The van der Waals surface area contributed by atoms with E-state index in [4.69, 9.17) is 4.74 Å². The summed E-state index contributed by atoms with van der Waals surface area (Å²) in [5, 5.41) is 3.56. The van der Waals surface area contributed by atoms with Gasteiger partial charge in [0.2, 0.25) is 0 Å². The highest BCUT2D eigenvalue weighted by Crippen LogP contribution is 2.39. The maximum Gasteiger partial charge on any atom is 0.123 e. The van der Waals surface area contributed by atoms with Gasteiger partial charge < -0.3 is 10.1 Å². The van der Waals surface area contributed by atoms with Crippen LogP contribution in [0.5, 0.6) is 5.75 Å². The maximum atomic E-state index is 5.77. The van der Waals surface area contributed by atoms with E-state index in [2.05, 4.69) is 65.1 Å². The molecule has 1 aliphatic rings. The number of benzene rings is 1. The summed E-state index contributed by atoms with van der Waals surface area (Å²) in [7, 11) is 0. The topological polar surface area (TPSA) is 21.3 Å². The normalized spacial score (nSPS) is 16.9. The molecule has 0 fully saturated rings. The molecule has 0 radical (unpaired) electrons. The summed E-state index contributed by atoms with van der Waals surface area (Å²) in [6, 6.07) is 7.29. The van der Waals surface area contributed by atoms with Crippen LogP contribution in [0.3, 0.4) is 0 Å². The number of hydrogen-bond acceptors (Lipinski definition) is 2. The van der Waals surface area contributed by atoms with Crippen molar-refractivity contribution in [2.45, 2.75) is 65.8 Å². The van der Waals surface area contributed by atoms with E-state index in [0.29, 0.717) is 11.5 Å². The number of aryl methyl sites for hydroxylation is 1. The van der Waals surface area contributed by atoms with Crippen LogP contribution in [0, 0.1) is 5.41 Å². The Hall–Kier alpha value is -1.02. The van der Waals surface area contributed by atoms with Gasteiger partial charge in [0.25, 0.3) is 0 Å². The molecule has 0 aromatic heterocycles. The second kappa shape index (κ2) is 6.00. The summed E-state index contributed by atoms with van der Waals surface area (Å²) < 4.78 is 5.77. The third-order valence-electron chi connectivity index (χ3n) is 4.44. The molecular formula is C19H31NO. The van der Waals surface area contributed by atoms with Crippen molar-refractivity contribution < 1.29 is 4.74 Å². The van der Waals surface area contributed by atoms with Gasteiger partial charge in [-0.2, -0.15) is 0 Å². The lowest BCUT2D eigenvalue weighted by molar-refractivity contribution is 0.291. The average molecular weight is 289 g/mol. The zero-order valence-electron chi connectivity index (χ0n) is 14.5. The van der Waals surface area contributed by atoms with Crippen molar-refractivity contribution in [3.8, 4) is 5.75 Å². The molecule has 0 aliphatic carbocycles. The Kier molecular flexibility index (Phi) is 4.67. The van der Waals surface area contributed by atoms with Crippen molar-refractivity contribution in [3.05, 3.63) is 29.3 Å². The first-order chi connectivity index (χ1) is 9.70. The smallest absolute Gasteiger partial charge is 0.123 e. The van der Waals surface area contributed by atoms with E-state index in [1.807, 2.05) is 0 Å². The Morgan fingerprint density at radius 2 is 2.00 bits per heavy atom. The van der Waals surface area contributed by atoms with Gasteiger partial charge in [-0.05, 0) is 29.9 Å². The highest BCUT2D eigenvalue weighted by atomic mass is 16.5. The second-order valence-corrected chi connectivity index (χ2v) is 8.20. The van der Waals surface area contributed by atoms with Gasteiger partial charge in [0.05, 0.1) is 6.61 Å². The quantitative estimate of drug-likeness (QED) is 0.842. The Morgan fingerprint density at radius 3 is 2.67 bits per heavy atom. The van der Waals surface area contributed by atoms with Crippen LogP contribution in [0.4, 0.5) is 0 Å². The van der Waals surface area contributed by atoms with Crippen LogP contribution in [0.1, 0.15) is 59.1 Å². The molecule has 2 heteroatoms. The minimum Gasteiger partial charge on any atom is -0.492 e. The molecule has 21 heavy (non-hydrogen) atoms. The van der Waals surface area contributed by atoms with Crippen LogP contribution in [-0.2, 0) is 11.8 Å². The zero-order chi connectivity index (χ0) is 15.7. The van der Waals surface area contributed by atoms with Crippen LogP contribution < -0.4 is 10.1 Å². The van der Waals surface area contributed by atoms with Crippen molar-refractivity contribution in [3.63, 3.8) is 0 Å². The molecule has 0 saturated heterocycles. The molecular weight excluding hydrogens is 258 g/mol. The van der Waals surface area contributed by atoms with Crippen molar-refractivity contribution in [2.24, 2.45) is 5.41 Å². The van der Waals surface area contributed by atoms with Crippen molar-refractivity contribution in [1.82, 2.24) is 5.32 Å². The summed E-state index contributed by atoms with van der Waals surface area (Å²) in [6.07, 6.45) is 2.34. The largest absolute Gasteiger partial charge is 0.492 e. The SMILES string of the molecule is CC(C)NCC(C)(C)CCc1ccc2c(c1)C(C)(C)CO2. The molecule has 0 spiro atoms. The fourth-order valence-corrected chi connectivity index (χ4v) is 2.77. The Morgan fingerprint density at radius 1 is 1.29 bits per heavy atom. The zero-order valence-corrected chi connectivity index (χ0v) is 14.5. The van der Waals surface area contributed by atoms with Gasteiger partial charge in [0, 0.05) is 23.6 Å². The molecule has 1 aliphatic heterocycles. The van der Waals surface area contributed by atoms with Gasteiger partial charge in [0.1, 0.15) is 5.75 Å². The molecule has 0 saturated carbocycles. The van der Waals surface area contributed by atoms with E-state index in [9.17, 15) is 0 Å². The summed E-state index contributed by atoms with van der Waals surface area (Å²) in [5.41, 5.74) is 3.29. The van der Waals surface area contributed by atoms with Crippen LogP contribution in [0.25, 0.3) is 0 Å². The van der Waals surface area contributed by atoms with Crippen molar-refractivity contribution in [2.75, 3.05) is 13.2 Å². The fourth-order valence-electron chi connectivity index (χ4n) is 2.77. The van der Waals surface area contributed by atoms with Crippen molar-refractivity contribution in [1.29, 1.82) is 0 Å². The van der Waals surface area contributed by atoms with Gasteiger partial charge in [-0.3, -0.25) is 0 Å². The lowest BCUT2D eigenvalue weighted by atomic mass is 9.83. The first kappa shape index (κ1) is 16.4. The molecule has 2 rings (SSSR count). The molecule has 0 bridgehead atoms. The number of nitrogens with one attached hydrogen (secondary N) is 1. The average Bonchev–Trinajstić information content (AvgIpc) is 2.70. The van der Waals surface area contributed by atoms with Crippen LogP contribution in [0.15, 0.2) is 18.2 Å². The summed E-state index contributed by atoms with van der Waals surface area (Å²) in [6.45, 7) is 15.5. The maximum absolute atomic E-state index is 5.77. The minimum absolute atomic E-state index is 0.153. The van der Waals surface area contributed by atoms with Gasteiger partial charge in [-0.25, -0.2) is 0 Å². The number of hydrogen-bond donors (Lipinski definition) is 1. The first-order valence-electron chi connectivity index (χ1n) is 8.19. The minimum atomic E-state index is 0.153. The third-order valence-corrected chi connectivity index (χ3v) is 4.44. The van der Waals surface area contributed by atoms with Crippen LogP contribution >= 0.6 is 0 Å². The van der Waals surface area contributed by atoms with E-state index < -0.39 is 0 Å². The number of ether oxygens (including phenoxy) is 1. The van der Waals surface area contributed by atoms with Crippen LogP contribution in [-0.4, -0.2) is 19.2 Å². The van der Waals surface area contributed by atoms with Gasteiger partial charge in [-0.1, -0.05) is 53.7 Å². The molecule has 0 unspecified atom stereocenters. The standard InChI is InChI=1S/C19H31NO/c1-14(2)20-12-18(3,4)10-9-15-7-8-17-16(11-15)19(5,6)13-21-17/h7-8,11,14,20H,9-10,12-13H2,1-6H3. The van der Waals surface area contributed by atoms with Crippen LogP contribution in [0.2, 0.25) is 0 Å². The molecule has 118 valence electrons. The summed E-state index contributed by atoms with van der Waals surface area (Å²) in [4.78, 5) is 0. The molecule has 1 heterocycles. The molecule has 0 amide bonds. The lowest BCUT2D eigenvalue weighted by Crippen LogP contribution is -2.34. The van der Waals surface area contributed by atoms with Gasteiger partial charge >= 0.3 is 0 Å². The van der Waals surface area contributed by atoms with E-state index in [1.165, 1.54) is 17.5 Å². The molecule has 1 N–H and O–H groups in total. The molecule has 1 aromatic carbocycles. The monoisotopic (exact) mass is 289 g/mol. The van der Waals surface area contributed by atoms with E-state index >= 15 is 0 Å². The third kappa shape index (κ3) is 4.23. The Labute approximate surface area is 130 Å². The first-order valence-corrected chi connectivity index (χ1v) is 8.19. The highest BCUT2D eigenvalue weighted by molar-refractivity contribution is 5.45. The van der Waals surface area contributed by atoms with Crippen molar-refractivity contribution >= 4 is 0 Å². The Bertz CT molecular complexity index is 488. The summed E-state index contributed by atoms with van der Waals surface area (Å²) in [5.74, 6) is 1.07. The molecule has 1 aromatic rings. The predicted octanol–water partition coefficient (Wildman–Crippen LogP) is 4.31. The van der Waals surface area contributed by atoms with E-state index in [-0.39, 0.29) is 5.41 Å². The second-order valence-electron chi connectivity index (χ2n) is 8.20. The lowest BCUT2D eigenvalue weighted by Gasteiger charge is -2.26.